The largest absolute Gasteiger partial charge is 0.491 e. The van der Waals surface area contributed by atoms with Crippen molar-refractivity contribution in [2.45, 2.75) is 13.3 Å². The van der Waals surface area contributed by atoms with Crippen LogP contribution in [0.2, 0.25) is 0 Å². The van der Waals surface area contributed by atoms with Gasteiger partial charge in [0.15, 0.2) is 0 Å². The normalized spacial score (nSPS) is 10.3. The summed E-state index contributed by atoms with van der Waals surface area (Å²) in [6, 6.07) is 9.70. The highest BCUT2D eigenvalue weighted by Crippen LogP contribution is 2.31. The zero-order valence-corrected chi connectivity index (χ0v) is 12.6. The molecule has 0 radical (unpaired) electrons. The Morgan fingerprint density at radius 1 is 1.15 bits per heavy atom. The maximum atomic E-state index is 13.4. The minimum Gasteiger partial charge on any atom is -0.491 e. The highest BCUT2D eigenvalue weighted by Gasteiger charge is 2.06. The summed E-state index contributed by atoms with van der Waals surface area (Å²) in [5, 5.41) is 0. The Kier molecular flexibility index (Phi) is 4.84. The number of halogens is 2. The van der Waals surface area contributed by atoms with Gasteiger partial charge in [-0.1, -0.05) is 6.92 Å². The second kappa shape index (κ2) is 6.61. The molecule has 0 spiro atoms. The Bertz CT molecular complexity index is 604. The smallest absolute Gasteiger partial charge is 0.145 e. The molecule has 0 atom stereocenters. The zero-order chi connectivity index (χ0) is 14.5. The summed E-state index contributed by atoms with van der Waals surface area (Å²) < 4.78 is 24.9. The van der Waals surface area contributed by atoms with Crippen molar-refractivity contribution in [1.29, 1.82) is 0 Å². The third-order valence-electron chi connectivity index (χ3n) is 2.57. The molecule has 2 N–H and O–H groups in total. The number of ether oxygens (including phenoxy) is 2. The van der Waals surface area contributed by atoms with E-state index >= 15 is 0 Å². The predicted octanol–water partition coefficient (Wildman–Crippen LogP) is 4.75. The van der Waals surface area contributed by atoms with Gasteiger partial charge in [0.2, 0.25) is 0 Å². The van der Waals surface area contributed by atoms with Crippen molar-refractivity contribution in [2.24, 2.45) is 0 Å². The van der Waals surface area contributed by atoms with Gasteiger partial charge in [0.1, 0.15) is 23.1 Å². The highest BCUT2D eigenvalue weighted by atomic mass is 79.9. The van der Waals surface area contributed by atoms with E-state index in [1.807, 2.05) is 6.92 Å². The lowest BCUT2D eigenvalue weighted by Gasteiger charge is -2.11. The molecule has 5 heteroatoms. The molecule has 0 saturated heterocycles. The molecule has 2 rings (SSSR count). The quantitative estimate of drug-likeness (QED) is 0.799. The number of anilines is 1. The van der Waals surface area contributed by atoms with Crippen LogP contribution in [0.1, 0.15) is 13.3 Å². The van der Waals surface area contributed by atoms with E-state index in [1.165, 1.54) is 6.07 Å². The molecule has 0 aliphatic heterocycles. The molecular formula is C15H15BrFNO2. The van der Waals surface area contributed by atoms with Gasteiger partial charge in [-0.15, -0.1) is 0 Å². The number of nitrogens with two attached hydrogens (primary N) is 1. The van der Waals surface area contributed by atoms with E-state index < -0.39 is 0 Å². The monoisotopic (exact) mass is 339 g/mol. The van der Waals surface area contributed by atoms with Gasteiger partial charge < -0.3 is 15.2 Å². The topological polar surface area (TPSA) is 44.5 Å². The molecular weight excluding hydrogens is 325 g/mol. The van der Waals surface area contributed by atoms with Crippen molar-refractivity contribution in [3.8, 4) is 17.2 Å². The Hall–Kier alpha value is -1.75. The summed E-state index contributed by atoms with van der Waals surface area (Å²) in [7, 11) is 0. The van der Waals surface area contributed by atoms with Gasteiger partial charge in [0.25, 0.3) is 0 Å². The van der Waals surface area contributed by atoms with Gasteiger partial charge in [-0.2, -0.15) is 0 Å². The van der Waals surface area contributed by atoms with Crippen LogP contribution >= 0.6 is 15.9 Å². The van der Waals surface area contributed by atoms with E-state index in [0.29, 0.717) is 34.0 Å². The van der Waals surface area contributed by atoms with Crippen molar-refractivity contribution >= 4 is 21.6 Å². The summed E-state index contributed by atoms with van der Waals surface area (Å²) in [6.07, 6.45) is 0.891. The van der Waals surface area contributed by atoms with Crippen LogP contribution in [0, 0.1) is 5.82 Å². The minimum atomic E-state index is -0.375. The fourth-order valence-corrected chi connectivity index (χ4v) is 1.84. The minimum absolute atomic E-state index is 0.375. The van der Waals surface area contributed by atoms with Gasteiger partial charge >= 0.3 is 0 Å². The second-order valence-electron chi connectivity index (χ2n) is 4.23. The SMILES string of the molecule is CCCOc1cc(Oc2ccc(Br)c(F)c2)ccc1N. The zero-order valence-electron chi connectivity index (χ0n) is 11.0. The average molecular weight is 340 g/mol. The Morgan fingerprint density at radius 2 is 1.85 bits per heavy atom. The molecule has 2 aromatic rings. The van der Waals surface area contributed by atoms with Crippen LogP contribution in [-0.2, 0) is 0 Å². The summed E-state index contributed by atoms with van der Waals surface area (Å²) >= 11 is 3.10. The second-order valence-corrected chi connectivity index (χ2v) is 5.08. The molecule has 0 amide bonds. The van der Waals surface area contributed by atoms with Gasteiger partial charge in [-0.3, -0.25) is 0 Å². The standard InChI is InChI=1S/C15H15BrFNO2/c1-2-7-19-15-9-11(4-6-14(15)18)20-10-3-5-12(16)13(17)8-10/h3-6,8-9H,2,7,18H2,1H3. The van der Waals surface area contributed by atoms with E-state index in [9.17, 15) is 4.39 Å². The number of hydrogen-bond acceptors (Lipinski definition) is 3. The van der Waals surface area contributed by atoms with Gasteiger partial charge in [0, 0.05) is 12.1 Å². The molecule has 0 unspecified atom stereocenters. The number of benzene rings is 2. The van der Waals surface area contributed by atoms with Crippen molar-refractivity contribution in [3.05, 3.63) is 46.7 Å². The first-order chi connectivity index (χ1) is 9.60. The van der Waals surface area contributed by atoms with E-state index in [4.69, 9.17) is 15.2 Å². The summed E-state index contributed by atoms with van der Waals surface area (Å²) in [6.45, 7) is 2.60. The number of hydrogen-bond donors (Lipinski definition) is 1. The summed E-state index contributed by atoms with van der Waals surface area (Å²) in [4.78, 5) is 0. The molecule has 3 nitrogen and oxygen atoms in total. The lowest BCUT2D eigenvalue weighted by atomic mass is 10.2. The van der Waals surface area contributed by atoms with Crippen LogP contribution in [0.25, 0.3) is 0 Å². The number of rotatable bonds is 5. The lowest BCUT2D eigenvalue weighted by molar-refractivity contribution is 0.317. The van der Waals surface area contributed by atoms with Crippen LogP contribution in [-0.4, -0.2) is 6.61 Å². The van der Waals surface area contributed by atoms with Crippen LogP contribution in [0.15, 0.2) is 40.9 Å². The van der Waals surface area contributed by atoms with E-state index in [2.05, 4.69) is 15.9 Å². The molecule has 0 bridgehead atoms. The maximum Gasteiger partial charge on any atom is 0.145 e. The fraction of sp³-hybridized carbons (Fsp3) is 0.200. The first kappa shape index (κ1) is 14.7. The molecule has 2 aromatic carbocycles. The van der Waals surface area contributed by atoms with Crippen LogP contribution in [0.4, 0.5) is 10.1 Å². The third-order valence-corrected chi connectivity index (χ3v) is 3.22. The molecule has 20 heavy (non-hydrogen) atoms. The van der Waals surface area contributed by atoms with Gasteiger partial charge in [-0.05, 0) is 46.6 Å². The fourth-order valence-electron chi connectivity index (χ4n) is 1.59. The number of nitrogen functional groups attached to an aromatic ring is 1. The molecule has 0 aliphatic carbocycles. The Labute approximate surface area is 125 Å². The van der Waals surface area contributed by atoms with Crippen molar-refractivity contribution < 1.29 is 13.9 Å². The van der Waals surface area contributed by atoms with Crippen molar-refractivity contribution in [1.82, 2.24) is 0 Å². The first-order valence-electron chi connectivity index (χ1n) is 6.25. The molecule has 0 aromatic heterocycles. The maximum absolute atomic E-state index is 13.4. The molecule has 0 aliphatic rings. The van der Waals surface area contributed by atoms with Crippen molar-refractivity contribution in [3.63, 3.8) is 0 Å². The molecule has 0 fully saturated rings. The van der Waals surface area contributed by atoms with Crippen LogP contribution in [0.3, 0.4) is 0 Å². The van der Waals surface area contributed by atoms with E-state index in [0.717, 1.165) is 6.42 Å². The molecule has 0 heterocycles. The van der Waals surface area contributed by atoms with E-state index in [-0.39, 0.29) is 5.82 Å². The third kappa shape index (κ3) is 3.63. The molecule has 106 valence electrons. The van der Waals surface area contributed by atoms with Crippen LogP contribution in [0.5, 0.6) is 17.2 Å². The summed E-state index contributed by atoms with van der Waals surface area (Å²) in [5.74, 6) is 1.16. The van der Waals surface area contributed by atoms with Gasteiger partial charge in [0.05, 0.1) is 16.8 Å². The van der Waals surface area contributed by atoms with E-state index in [1.54, 1.807) is 30.3 Å². The average Bonchev–Trinajstić information content (AvgIpc) is 2.43. The lowest BCUT2D eigenvalue weighted by Crippen LogP contribution is -1.99. The molecule has 0 saturated carbocycles. The highest BCUT2D eigenvalue weighted by molar-refractivity contribution is 9.10. The predicted molar refractivity (Wildman–Crippen MR) is 80.8 cm³/mol. The Balaban J connectivity index is 2.18. The van der Waals surface area contributed by atoms with Crippen LogP contribution < -0.4 is 15.2 Å². The summed E-state index contributed by atoms with van der Waals surface area (Å²) in [5.41, 5.74) is 6.37. The van der Waals surface area contributed by atoms with Gasteiger partial charge in [-0.25, -0.2) is 4.39 Å². The van der Waals surface area contributed by atoms with Crippen molar-refractivity contribution in [2.75, 3.05) is 12.3 Å². The Morgan fingerprint density at radius 3 is 2.55 bits per heavy atom. The first-order valence-corrected chi connectivity index (χ1v) is 7.04.